The van der Waals surface area contributed by atoms with Crippen molar-refractivity contribution < 1.29 is 14.7 Å². The summed E-state index contributed by atoms with van der Waals surface area (Å²) in [6.07, 6.45) is 0.722. The Hall–Kier alpha value is -1.10. The van der Waals surface area contributed by atoms with Crippen LogP contribution in [0.5, 0.6) is 0 Å². The summed E-state index contributed by atoms with van der Waals surface area (Å²) in [5.74, 6) is -1.20. The van der Waals surface area contributed by atoms with Gasteiger partial charge in [-0.05, 0) is 13.0 Å². The van der Waals surface area contributed by atoms with Gasteiger partial charge in [0.1, 0.15) is 6.04 Å². The second-order valence-electron chi connectivity index (χ2n) is 2.97. The van der Waals surface area contributed by atoms with Gasteiger partial charge in [-0.1, -0.05) is 13.8 Å². The summed E-state index contributed by atoms with van der Waals surface area (Å²) in [6.45, 7) is 5.06. The van der Waals surface area contributed by atoms with Gasteiger partial charge in [0.15, 0.2) is 0 Å². The minimum Gasteiger partial charge on any atom is -0.480 e. The Bertz CT molecular complexity index is 194. The lowest BCUT2D eigenvalue weighted by molar-refractivity contribution is -0.141. The van der Waals surface area contributed by atoms with Crippen LogP contribution in [0, 0.1) is 0 Å². The minimum absolute atomic E-state index is 0.222. The highest BCUT2D eigenvalue weighted by molar-refractivity contribution is 5.83. The zero-order chi connectivity index (χ0) is 11.0. The molecule has 0 saturated carbocycles. The van der Waals surface area contributed by atoms with Crippen LogP contribution < -0.4 is 10.6 Å². The van der Waals surface area contributed by atoms with Crippen LogP contribution in [0.3, 0.4) is 0 Å². The zero-order valence-electron chi connectivity index (χ0n) is 8.67. The fourth-order valence-electron chi connectivity index (χ4n) is 0.984. The topological polar surface area (TPSA) is 78.4 Å². The first kappa shape index (κ1) is 12.9. The number of carbonyl (C=O) groups excluding carboxylic acids is 1. The van der Waals surface area contributed by atoms with Crippen molar-refractivity contribution in [3.05, 3.63) is 0 Å². The summed E-state index contributed by atoms with van der Waals surface area (Å²) < 4.78 is 0. The van der Waals surface area contributed by atoms with Gasteiger partial charge in [-0.15, -0.1) is 0 Å². The van der Waals surface area contributed by atoms with Crippen LogP contribution in [0.15, 0.2) is 0 Å². The van der Waals surface area contributed by atoms with Crippen molar-refractivity contribution in [1.29, 1.82) is 0 Å². The molecule has 0 saturated heterocycles. The minimum atomic E-state index is -0.982. The van der Waals surface area contributed by atoms with E-state index >= 15 is 0 Å². The Morgan fingerprint density at radius 2 is 2.00 bits per heavy atom. The summed E-state index contributed by atoms with van der Waals surface area (Å²) in [5, 5.41) is 14.1. The molecule has 0 aliphatic rings. The van der Waals surface area contributed by atoms with Gasteiger partial charge in [0.2, 0.25) is 5.91 Å². The van der Waals surface area contributed by atoms with Gasteiger partial charge in [0, 0.05) is 13.0 Å². The van der Waals surface area contributed by atoms with Gasteiger partial charge < -0.3 is 15.7 Å². The number of rotatable bonds is 7. The van der Waals surface area contributed by atoms with E-state index in [0.29, 0.717) is 19.4 Å². The maximum Gasteiger partial charge on any atom is 0.326 e. The van der Waals surface area contributed by atoms with E-state index in [0.717, 1.165) is 6.54 Å². The van der Waals surface area contributed by atoms with Crippen molar-refractivity contribution in [3.63, 3.8) is 0 Å². The van der Waals surface area contributed by atoms with E-state index in [4.69, 9.17) is 5.11 Å². The van der Waals surface area contributed by atoms with E-state index in [1.165, 1.54) is 0 Å². The first-order valence-electron chi connectivity index (χ1n) is 4.84. The molecule has 1 amide bonds. The van der Waals surface area contributed by atoms with Crippen LogP contribution in [0.4, 0.5) is 0 Å². The molecule has 0 fully saturated rings. The normalized spacial score (nSPS) is 12.1. The first-order valence-corrected chi connectivity index (χ1v) is 4.84. The number of hydrogen-bond donors (Lipinski definition) is 3. The number of carboxylic acids is 1. The lowest BCUT2D eigenvalue weighted by Gasteiger charge is -2.11. The van der Waals surface area contributed by atoms with E-state index in [9.17, 15) is 9.59 Å². The average Bonchev–Trinajstić information content (AvgIpc) is 2.14. The monoisotopic (exact) mass is 202 g/mol. The molecule has 0 aliphatic heterocycles. The van der Waals surface area contributed by atoms with Crippen LogP contribution >= 0.6 is 0 Å². The van der Waals surface area contributed by atoms with E-state index < -0.39 is 12.0 Å². The van der Waals surface area contributed by atoms with E-state index in [2.05, 4.69) is 10.6 Å². The molecule has 0 spiro atoms. The predicted molar refractivity (Wildman–Crippen MR) is 53.0 cm³/mol. The second-order valence-corrected chi connectivity index (χ2v) is 2.97. The molecule has 0 aromatic rings. The van der Waals surface area contributed by atoms with Crippen LogP contribution in [0.1, 0.15) is 26.7 Å². The Labute approximate surface area is 83.9 Å². The lowest BCUT2D eigenvalue weighted by Crippen LogP contribution is -2.41. The van der Waals surface area contributed by atoms with Crippen molar-refractivity contribution >= 4 is 11.9 Å². The molecule has 0 rings (SSSR count). The highest BCUT2D eigenvalue weighted by atomic mass is 16.4. The van der Waals surface area contributed by atoms with Crippen molar-refractivity contribution in [2.45, 2.75) is 32.7 Å². The number of hydrogen-bond acceptors (Lipinski definition) is 3. The lowest BCUT2D eigenvalue weighted by atomic mass is 10.2. The molecule has 0 aliphatic carbocycles. The van der Waals surface area contributed by atoms with Crippen molar-refractivity contribution in [3.8, 4) is 0 Å². The SMILES string of the molecule is CCNCCC(=O)NC(CC)C(=O)O. The molecule has 0 bridgehead atoms. The Kier molecular flexibility index (Phi) is 6.74. The fourth-order valence-corrected chi connectivity index (χ4v) is 0.984. The number of carboxylic acid groups (broad SMARTS) is 1. The standard InChI is InChI=1S/C9H18N2O3/c1-3-7(9(13)14)11-8(12)5-6-10-4-2/h7,10H,3-6H2,1-2H3,(H,11,12)(H,13,14). The predicted octanol–water partition coefficient (Wildman–Crippen LogP) is -0.0346. The van der Waals surface area contributed by atoms with Gasteiger partial charge in [0.05, 0.1) is 0 Å². The fraction of sp³-hybridized carbons (Fsp3) is 0.778. The largest absolute Gasteiger partial charge is 0.480 e. The molecule has 0 radical (unpaired) electrons. The van der Waals surface area contributed by atoms with Gasteiger partial charge >= 0.3 is 5.97 Å². The third kappa shape index (κ3) is 5.53. The van der Waals surface area contributed by atoms with E-state index in [1.54, 1.807) is 6.92 Å². The van der Waals surface area contributed by atoms with Crippen molar-refractivity contribution in [2.24, 2.45) is 0 Å². The average molecular weight is 202 g/mol. The third-order valence-corrected chi connectivity index (χ3v) is 1.82. The Balaban J connectivity index is 3.74. The summed E-state index contributed by atoms with van der Waals surface area (Å²) in [5.41, 5.74) is 0. The highest BCUT2D eigenvalue weighted by Crippen LogP contribution is 1.91. The molecule has 0 aromatic carbocycles. The van der Waals surface area contributed by atoms with Crippen LogP contribution in [0.2, 0.25) is 0 Å². The smallest absolute Gasteiger partial charge is 0.326 e. The van der Waals surface area contributed by atoms with Crippen molar-refractivity contribution in [1.82, 2.24) is 10.6 Å². The molecule has 1 atom stereocenters. The van der Waals surface area contributed by atoms with E-state index in [-0.39, 0.29) is 5.91 Å². The first-order chi connectivity index (χ1) is 6.61. The second kappa shape index (κ2) is 7.32. The zero-order valence-corrected chi connectivity index (χ0v) is 8.67. The molecule has 5 heteroatoms. The Morgan fingerprint density at radius 1 is 1.36 bits per heavy atom. The van der Waals surface area contributed by atoms with Crippen LogP contribution in [0.25, 0.3) is 0 Å². The van der Waals surface area contributed by atoms with Crippen LogP contribution in [-0.4, -0.2) is 36.1 Å². The van der Waals surface area contributed by atoms with Gasteiger partial charge in [-0.2, -0.15) is 0 Å². The van der Waals surface area contributed by atoms with Crippen molar-refractivity contribution in [2.75, 3.05) is 13.1 Å². The molecule has 3 N–H and O–H groups in total. The molecule has 14 heavy (non-hydrogen) atoms. The van der Waals surface area contributed by atoms with Gasteiger partial charge in [0.25, 0.3) is 0 Å². The molecular formula is C9H18N2O3. The summed E-state index contributed by atoms with van der Waals surface area (Å²) in [6, 6.07) is -0.760. The number of amides is 1. The molecular weight excluding hydrogens is 184 g/mol. The van der Waals surface area contributed by atoms with E-state index in [1.807, 2.05) is 6.92 Å². The molecule has 0 heterocycles. The number of carbonyl (C=O) groups is 2. The van der Waals surface area contributed by atoms with Gasteiger partial charge in [-0.25, -0.2) is 4.79 Å². The Morgan fingerprint density at radius 3 is 2.43 bits per heavy atom. The number of nitrogens with one attached hydrogen (secondary N) is 2. The maximum atomic E-state index is 11.2. The summed E-state index contributed by atoms with van der Waals surface area (Å²) in [4.78, 5) is 21.7. The molecule has 82 valence electrons. The quantitative estimate of drug-likeness (QED) is 0.506. The van der Waals surface area contributed by atoms with Crippen LogP contribution in [-0.2, 0) is 9.59 Å². The summed E-state index contributed by atoms with van der Waals surface area (Å²) in [7, 11) is 0. The third-order valence-electron chi connectivity index (χ3n) is 1.82. The molecule has 5 nitrogen and oxygen atoms in total. The molecule has 0 aromatic heterocycles. The molecule has 1 unspecified atom stereocenters. The van der Waals surface area contributed by atoms with Gasteiger partial charge in [-0.3, -0.25) is 4.79 Å². The number of aliphatic carboxylic acids is 1. The highest BCUT2D eigenvalue weighted by Gasteiger charge is 2.16. The summed E-state index contributed by atoms with van der Waals surface area (Å²) >= 11 is 0. The maximum absolute atomic E-state index is 11.2.